The normalized spacial score (nSPS) is 10.9. The van der Waals surface area contributed by atoms with Crippen LogP contribution in [-0.2, 0) is 4.79 Å². The molecule has 1 amide bonds. The molecule has 0 atom stereocenters. The number of benzene rings is 1. The average Bonchev–Trinajstić information content (AvgIpc) is 2.89. The lowest BCUT2D eigenvalue weighted by Gasteiger charge is -1.97. The molecule has 102 valence electrons. The third-order valence-electron chi connectivity index (χ3n) is 2.75. The van der Waals surface area contributed by atoms with E-state index >= 15 is 0 Å². The van der Waals surface area contributed by atoms with Gasteiger partial charge in [-0.1, -0.05) is 11.3 Å². The number of thiazole rings is 1. The van der Waals surface area contributed by atoms with E-state index < -0.39 is 0 Å². The molecule has 0 spiro atoms. The molecular weight excluding hydrogens is 276 g/mol. The molecule has 2 aromatic heterocycles. The van der Waals surface area contributed by atoms with Gasteiger partial charge in [0.1, 0.15) is 5.52 Å². The highest BCUT2D eigenvalue weighted by molar-refractivity contribution is 7.19. The number of rotatable bonds is 2. The van der Waals surface area contributed by atoms with Crippen LogP contribution < -0.4 is 11.1 Å². The maximum Gasteiger partial charge on any atom is 0.292 e. The van der Waals surface area contributed by atoms with Crippen LogP contribution in [0.25, 0.3) is 21.5 Å². The number of nitrogens with one attached hydrogen (secondary N) is 1. The number of fused-ring (bicyclic) bond motifs is 1. The van der Waals surface area contributed by atoms with Gasteiger partial charge in [-0.25, -0.2) is 4.98 Å². The van der Waals surface area contributed by atoms with Crippen LogP contribution >= 0.6 is 11.3 Å². The second-order valence-electron chi connectivity index (χ2n) is 4.35. The molecule has 0 fully saturated rings. The minimum Gasteiger partial charge on any atom is -0.424 e. The van der Waals surface area contributed by atoms with Gasteiger partial charge in [0.15, 0.2) is 10.7 Å². The molecule has 3 rings (SSSR count). The number of carbonyl (C=O) groups is 1. The smallest absolute Gasteiger partial charge is 0.292 e. The van der Waals surface area contributed by atoms with Gasteiger partial charge < -0.3 is 15.5 Å². The van der Waals surface area contributed by atoms with Crippen LogP contribution in [0.5, 0.6) is 0 Å². The summed E-state index contributed by atoms with van der Waals surface area (Å²) in [5, 5.41) is 3.28. The van der Waals surface area contributed by atoms with Crippen molar-refractivity contribution in [2.45, 2.75) is 13.8 Å². The molecule has 0 unspecified atom stereocenters. The van der Waals surface area contributed by atoms with Crippen molar-refractivity contribution in [2.24, 2.45) is 0 Å². The number of nitrogens with two attached hydrogens (primary N) is 1. The van der Waals surface area contributed by atoms with Gasteiger partial charge in [0, 0.05) is 6.92 Å². The molecule has 0 aliphatic rings. The summed E-state index contributed by atoms with van der Waals surface area (Å²) in [5.74, 6) is -0.134. The number of aromatic nitrogens is 2. The number of anilines is 2. The van der Waals surface area contributed by atoms with Gasteiger partial charge in [-0.3, -0.25) is 4.79 Å². The van der Waals surface area contributed by atoms with E-state index in [9.17, 15) is 4.79 Å². The van der Waals surface area contributed by atoms with Gasteiger partial charge in [0.05, 0.1) is 10.6 Å². The summed E-state index contributed by atoms with van der Waals surface area (Å²) in [7, 11) is 0. The summed E-state index contributed by atoms with van der Waals surface area (Å²) in [5.41, 5.74) is 8.71. The quantitative estimate of drug-likeness (QED) is 0.756. The third kappa shape index (κ3) is 2.23. The Morgan fingerprint density at radius 2 is 2.20 bits per heavy atom. The fourth-order valence-electron chi connectivity index (χ4n) is 1.95. The van der Waals surface area contributed by atoms with Gasteiger partial charge in [0.2, 0.25) is 5.91 Å². The summed E-state index contributed by atoms with van der Waals surface area (Å²) < 4.78 is 5.24. The Kier molecular flexibility index (Phi) is 2.90. The van der Waals surface area contributed by atoms with Crippen molar-refractivity contribution in [3.8, 4) is 10.4 Å². The molecule has 0 aliphatic heterocycles. The van der Waals surface area contributed by atoms with Gasteiger partial charge >= 0.3 is 0 Å². The predicted molar refractivity (Wildman–Crippen MR) is 78.6 cm³/mol. The van der Waals surface area contributed by atoms with Crippen LogP contribution in [0.1, 0.15) is 12.6 Å². The highest BCUT2D eigenvalue weighted by atomic mass is 32.1. The topological polar surface area (TPSA) is 94.0 Å². The highest BCUT2D eigenvalue weighted by Crippen LogP contribution is 2.34. The van der Waals surface area contributed by atoms with Gasteiger partial charge in [-0.15, -0.1) is 0 Å². The molecule has 6 nitrogen and oxygen atoms in total. The molecule has 20 heavy (non-hydrogen) atoms. The van der Waals surface area contributed by atoms with E-state index in [1.54, 1.807) is 0 Å². The number of oxazole rings is 1. The van der Waals surface area contributed by atoms with Crippen molar-refractivity contribution in [3.63, 3.8) is 0 Å². The first-order valence-corrected chi connectivity index (χ1v) is 6.76. The largest absolute Gasteiger partial charge is 0.424 e. The molecule has 0 radical (unpaired) electrons. The Hall–Kier alpha value is -2.41. The minimum absolute atomic E-state index is 0.134. The first kappa shape index (κ1) is 12.6. The molecule has 0 saturated carbocycles. The van der Waals surface area contributed by atoms with Gasteiger partial charge in [-0.05, 0) is 30.7 Å². The summed E-state index contributed by atoms with van der Waals surface area (Å²) >= 11 is 1.42. The zero-order valence-corrected chi connectivity index (χ0v) is 11.7. The van der Waals surface area contributed by atoms with Crippen LogP contribution in [0.3, 0.4) is 0 Å². The molecule has 3 N–H and O–H groups in total. The zero-order valence-electron chi connectivity index (χ0n) is 10.9. The number of nitrogen functional groups attached to an aromatic ring is 1. The van der Waals surface area contributed by atoms with E-state index in [1.807, 2.05) is 25.1 Å². The summed E-state index contributed by atoms with van der Waals surface area (Å²) in [6.07, 6.45) is 0. The number of carbonyl (C=O) groups excluding carboxylic acids is 1. The van der Waals surface area contributed by atoms with Crippen LogP contribution in [0.2, 0.25) is 0 Å². The standard InChI is InChI=1S/C13H12N4O2S/c1-6-11(20-13(15-6)16-7(2)18)8-3-4-10-9(5-8)17-12(14)19-10/h3-5H,1-2H3,(H2,14,17)(H,15,16,18). The predicted octanol–water partition coefficient (Wildman–Crippen LogP) is 2.80. The number of amides is 1. The maximum absolute atomic E-state index is 11.1. The van der Waals surface area contributed by atoms with Crippen molar-refractivity contribution >= 4 is 39.5 Å². The second-order valence-corrected chi connectivity index (χ2v) is 5.35. The van der Waals surface area contributed by atoms with Gasteiger partial charge in [0.25, 0.3) is 6.01 Å². The van der Waals surface area contributed by atoms with Crippen molar-refractivity contribution in [2.75, 3.05) is 11.1 Å². The van der Waals surface area contributed by atoms with Crippen molar-refractivity contribution in [3.05, 3.63) is 23.9 Å². The van der Waals surface area contributed by atoms with E-state index in [1.165, 1.54) is 18.3 Å². The summed E-state index contributed by atoms with van der Waals surface area (Å²) in [6.45, 7) is 3.36. The van der Waals surface area contributed by atoms with E-state index in [4.69, 9.17) is 10.2 Å². The molecule has 0 saturated heterocycles. The molecule has 1 aromatic carbocycles. The first-order valence-electron chi connectivity index (χ1n) is 5.94. The van der Waals surface area contributed by atoms with Crippen molar-refractivity contribution < 1.29 is 9.21 Å². The van der Waals surface area contributed by atoms with E-state index in [0.29, 0.717) is 16.2 Å². The zero-order chi connectivity index (χ0) is 14.3. The fourth-order valence-corrected chi connectivity index (χ4v) is 2.96. The molecule has 2 heterocycles. The number of aryl methyl sites for hydroxylation is 1. The monoisotopic (exact) mass is 288 g/mol. The minimum atomic E-state index is -0.134. The maximum atomic E-state index is 11.1. The summed E-state index contributed by atoms with van der Waals surface area (Å²) in [4.78, 5) is 20.5. The fraction of sp³-hybridized carbons (Fsp3) is 0.154. The lowest BCUT2D eigenvalue weighted by atomic mass is 10.1. The summed E-state index contributed by atoms with van der Waals surface area (Å²) in [6, 6.07) is 5.79. The SMILES string of the molecule is CC(=O)Nc1nc(C)c(-c2ccc3oc(N)nc3c2)s1. The van der Waals surface area contributed by atoms with E-state index in [2.05, 4.69) is 15.3 Å². The number of hydrogen-bond donors (Lipinski definition) is 2. The van der Waals surface area contributed by atoms with Crippen LogP contribution in [-0.4, -0.2) is 15.9 Å². The Morgan fingerprint density at radius 3 is 2.95 bits per heavy atom. The number of nitrogens with zero attached hydrogens (tertiary/aromatic N) is 2. The molecule has 0 bridgehead atoms. The van der Waals surface area contributed by atoms with Crippen LogP contribution in [0, 0.1) is 6.92 Å². The molecule has 3 aromatic rings. The number of hydrogen-bond acceptors (Lipinski definition) is 6. The Bertz CT molecular complexity index is 806. The first-order chi connectivity index (χ1) is 9.52. The van der Waals surface area contributed by atoms with Crippen molar-refractivity contribution in [1.29, 1.82) is 0 Å². The van der Waals surface area contributed by atoms with Crippen LogP contribution in [0.4, 0.5) is 11.1 Å². The Balaban J connectivity index is 2.05. The molecule has 0 aliphatic carbocycles. The molecular formula is C13H12N4O2S. The Labute approximate surface area is 118 Å². The highest BCUT2D eigenvalue weighted by Gasteiger charge is 2.12. The van der Waals surface area contributed by atoms with Crippen molar-refractivity contribution in [1.82, 2.24) is 9.97 Å². The third-order valence-corrected chi connectivity index (χ3v) is 3.87. The second kappa shape index (κ2) is 4.61. The lowest BCUT2D eigenvalue weighted by Crippen LogP contribution is -2.04. The Morgan fingerprint density at radius 1 is 1.40 bits per heavy atom. The van der Waals surface area contributed by atoms with Crippen LogP contribution in [0.15, 0.2) is 22.6 Å². The van der Waals surface area contributed by atoms with Gasteiger partial charge in [-0.2, -0.15) is 4.98 Å². The molecule has 7 heteroatoms. The van der Waals surface area contributed by atoms with E-state index in [0.717, 1.165) is 16.1 Å². The lowest BCUT2D eigenvalue weighted by molar-refractivity contribution is -0.114. The average molecular weight is 288 g/mol. The van der Waals surface area contributed by atoms with E-state index in [-0.39, 0.29) is 11.9 Å².